The van der Waals surface area contributed by atoms with Gasteiger partial charge in [-0.1, -0.05) is 142 Å². The molecule has 3 aliphatic rings. The largest absolute Gasteiger partial charge is 0.311 e. The Balaban J connectivity index is 1.11. The van der Waals surface area contributed by atoms with Gasteiger partial charge >= 0.3 is 0 Å². The summed E-state index contributed by atoms with van der Waals surface area (Å²) in [5, 5.41) is 2.45. The molecule has 0 saturated carbocycles. The topological polar surface area (TPSA) is 9.72 Å². The Labute approximate surface area is 375 Å². The van der Waals surface area contributed by atoms with E-state index in [1.807, 2.05) is 0 Å². The van der Waals surface area contributed by atoms with Crippen molar-refractivity contribution in [1.82, 2.24) is 0 Å². The molecule has 1 aromatic heterocycles. The van der Waals surface area contributed by atoms with Gasteiger partial charge in [-0.2, -0.15) is 11.3 Å². The van der Waals surface area contributed by atoms with Crippen LogP contribution in [0.25, 0.3) is 21.9 Å². The Hall–Kier alpha value is -6.82. The summed E-state index contributed by atoms with van der Waals surface area (Å²) < 4.78 is 1.48. The van der Waals surface area contributed by atoms with Crippen LogP contribution in [0.15, 0.2) is 188 Å². The molecule has 0 amide bonds. The molecule has 63 heavy (non-hydrogen) atoms. The van der Waals surface area contributed by atoms with Crippen LogP contribution < -0.4 is 30.4 Å². The van der Waals surface area contributed by atoms with Gasteiger partial charge in [-0.25, -0.2) is 0 Å². The molecule has 304 valence electrons. The molecule has 0 spiro atoms. The number of anilines is 9. The molecule has 2 aliphatic heterocycles. The maximum Gasteiger partial charge on any atom is 0.264 e. The molecule has 12 rings (SSSR count). The summed E-state index contributed by atoms with van der Waals surface area (Å²) in [6.45, 7) is 6.98. The van der Waals surface area contributed by atoms with Crippen LogP contribution in [0.2, 0.25) is 0 Å². The minimum absolute atomic E-state index is 0.0393. The zero-order chi connectivity index (χ0) is 42.2. The Kier molecular flexibility index (Phi) is 8.98. The molecule has 3 nitrogen and oxygen atoms in total. The van der Waals surface area contributed by atoms with Crippen molar-refractivity contribution in [3.8, 4) is 11.1 Å². The molecule has 0 unspecified atom stereocenters. The minimum Gasteiger partial charge on any atom is -0.311 e. The van der Waals surface area contributed by atoms with Crippen LogP contribution in [-0.2, 0) is 18.3 Å². The first-order valence-electron chi connectivity index (χ1n) is 22.5. The second kappa shape index (κ2) is 14.9. The van der Waals surface area contributed by atoms with Crippen LogP contribution in [0.1, 0.15) is 49.6 Å². The Morgan fingerprint density at radius 1 is 0.540 bits per heavy atom. The van der Waals surface area contributed by atoms with Crippen molar-refractivity contribution < 1.29 is 0 Å². The summed E-state index contributed by atoms with van der Waals surface area (Å²) >= 11 is 2.07. The Bertz CT molecular complexity index is 3170. The summed E-state index contributed by atoms with van der Waals surface area (Å²) in [5.74, 6) is 0. The second-order valence-electron chi connectivity index (χ2n) is 18.3. The average molecular weight is 830 g/mol. The zero-order valence-corrected chi connectivity index (χ0v) is 36.9. The molecule has 1 aliphatic carbocycles. The van der Waals surface area contributed by atoms with E-state index in [1.54, 1.807) is 10.4 Å². The van der Waals surface area contributed by atoms with Gasteiger partial charge in [0.05, 0.1) is 11.4 Å². The van der Waals surface area contributed by atoms with Gasteiger partial charge in [-0.3, -0.25) is 0 Å². The van der Waals surface area contributed by atoms with Gasteiger partial charge in [-0.05, 0) is 136 Å². The third kappa shape index (κ3) is 6.16. The fraction of sp³-hybridized carbons (Fsp3) is 0.138. The van der Waals surface area contributed by atoms with Gasteiger partial charge in [0.15, 0.2) is 0 Å². The highest BCUT2D eigenvalue weighted by Crippen LogP contribution is 2.50. The van der Waals surface area contributed by atoms with E-state index in [2.05, 4.69) is 235 Å². The highest BCUT2D eigenvalue weighted by atomic mass is 32.1. The molecule has 0 N–H and O–H groups in total. The van der Waals surface area contributed by atoms with Crippen molar-refractivity contribution in [1.29, 1.82) is 0 Å². The summed E-state index contributed by atoms with van der Waals surface area (Å²) in [5.41, 5.74) is 19.1. The number of hydrogen-bond donors (Lipinski definition) is 0. The van der Waals surface area contributed by atoms with Gasteiger partial charge in [0.1, 0.15) is 0 Å². The van der Waals surface area contributed by atoms with Gasteiger partial charge < -0.3 is 14.7 Å². The SMILES string of the molecule is CC(C)(C)c1ccc(N(c2ccc3c(c2)N(c2ccccc2)c2cccc4c2B3c2sc3c(c2N4c2ccccc2)CCCC3)c2ccc(-c3ccccc3)c3ccccc23)cc1. The molecule has 9 aromatic rings. The van der Waals surface area contributed by atoms with Crippen molar-refractivity contribution >= 4 is 95.7 Å². The van der Waals surface area contributed by atoms with Gasteiger partial charge in [0.2, 0.25) is 0 Å². The fourth-order valence-corrected chi connectivity index (χ4v) is 12.1. The predicted molar refractivity (Wildman–Crippen MR) is 271 cm³/mol. The molecular weight excluding hydrogens is 782 g/mol. The Morgan fingerprint density at radius 3 is 1.87 bits per heavy atom. The van der Waals surface area contributed by atoms with E-state index in [9.17, 15) is 0 Å². The highest BCUT2D eigenvalue weighted by Gasteiger charge is 2.46. The summed E-state index contributed by atoms with van der Waals surface area (Å²) in [4.78, 5) is 9.20. The lowest BCUT2D eigenvalue weighted by atomic mass is 9.36. The first-order chi connectivity index (χ1) is 30.9. The minimum atomic E-state index is 0.0393. The van der Waals surface area contributed by atoms with Crippen LogP contribution in [0.5, 0.6) is 0 Å². The van der Waals surface area contributed by atoms with Gasteiger partial charge in [-0.15, -0.1) is 0 Å². The molecule has 0 atom stereocenters. The van der Waals surface area contributed by atoms with Crippen molar-refractivity contribution in [3.05, 3.63) is 204 Å². The third-order valence-corrected chi connectivity index (χ3v) is 14.9. The van der Waals surface area contributed by atoms with Crippen LogP contribution in [0.3, 0.4) is 0 Å². The predicted octanol–water partition coefficient (Wildman–Crippen LogP) is 14.3. The number of rotatable bonds is 6. The monoisotopic (exact) mass is 829 g/mol. The van der Waals surface area contributed by atoms with Crippen LogP contribution in [0.4, 0.5) is 51.2 Å². The van der Waals surface area contributed by atoms with E-state index in [-0.39, 0.29) is 12.1 Å². The number of benzene rings is 8. The van der Waals surface area contributed by atoms with Crippen LogP contribution in [0, 0.1) is 0 Å². The molecular formula is C58H48BN3S. The lowest BCUT2D eigenvalue weighted by molar-refractivity contribution is 0.590. The summed E-state index contributed by atoms with van der Waals surface area (Å²) in [7, 11) is 0. The van der Waals surface area contributed by atoms with E-state index in [0.717, 1.165) is 35.6 Å². The Morgan fingerprint density at radius 2 is 1.16 bits per heavy atom. The van der Waals surface area contributed by atoms with Gasteiger partial charge in [0, 0.05) is 54.9 Å². The van der Waals surface area contributed by atoms with E-state index >= 15 is 0 Å². The van der Waals surface area contributed by atoms with E-state index in [4.69, 9.17) is 0 Å². The first-order valence-corrected chi connectivity index (χ1v) is 23.3. The quantitative estimate of drug-likeness (QED) is 0.155. The fourth-order valence-electron chi connectivity index (χ4n) is 10.6. The maximum absolute atomic E-state index is 2.60. The maximum atomic E-state index is 2.60. The zero-order valence-electron chi connectivity index (χ0n) is 36.1. The van der Waals surface area contributed by atoms with Crippen LogP contribution in [-0.4, -0.2) is 6.71 Å². The molecule has 0 saturated heterocycles. The lowest BCUT2D eigenvalue weighted by Gasteiger charge is -2.43. The van der Waals surface area contributed by atoms with Crippen molar-refractivity contribution in [3.63, 3.8) is 0 Å². The second-order valence-corrected chi connectivity index (χ2v) is 19.5. The third-order valence-electron chi connectivity index (χ3n) is 13.6. The van der Waals surface area contributed by atoms with Crippen molar-refractivity contribution in [2.24, 2.45) is 0 Å². The summed E-state index contributed by atoms with van der Waals surface area (Å²) in [6, 6.07) is 70.0. The van der Waals surface area contributed by atoms with Crippen molar-refractivity contribution in [2.45, 2.75) is 51.9 Å². The molecule has 0 fully saturated rings. The average Bonchev–Trinajstić information content (AvgIpc) is 3.71. The number of hydrogen-bond acceptors (Lipinski definition) is 4. The number of fused-ring (bicyclic) bond motifs is 7. The number of nitrogens with zero attached hydrogens (tertiary/aromatic N) is 3. The molecule has 5 heteroatoms. The normalized spacial score (nSPS) is 13.9. The highest BCUT2D eigenvalue weighted by molar-refractivity contribution is 7.29. The smallest absolute Gasteiger partial charge is 0.264 e. The molecule has 0 bridgehead atoms. The number of thiophene rings is 1. The van der Waals surface area contributed by atoms with Crippen LogP contribution >= 0.6 is 11.3 Å². The van der Waals surface area contributed by atoms with E-state index < -0.39 is 0 Å². The molecule has 0 radical (unpaired) electrons. The molecule has 8 aromatic carbocycles. The lowest BCUT2D eigenvalue weighted by Crippen LogP contribution is -2.60. The molecule has 3 heterocycles. The van der Waals surface area contributed by atoms with Crippen molar-refractivity contribution in [2.75, 3.05) is 14.7 Å². The summed E-state index contributed by atoms with van der Waals surface area (Å²) in [6.07, 6.45) is 4.79. The number of aryl methyl sites for hydroxylation is 1. The standard InChI is InChI=1S/C58H48BN3S/c1-58(2,3)40-30-32-43(33-31-40)60(50-37-35-45(39-18-7-4-8-19-39)46-24-13-14-25-47(46)50)44-34-36-49-53(38-44)61(41-20-9-5-10-21-41)51-27-17-28-52-55(51)59(49)57-56(48-26-15-16-29-54(48)63-57)62(52)42-22-11-6-12-23-42/h4-14,17-25,27-28,30-38H,15-16,26,29H2,1-3H3. The van der Waals surface area contributed by atoms with E-state index in [1.165, 1.54) is 84.4 Å². The number of para-hydroxylation sites is 2. The van der Waals surface area contributed by atoms with Gasteiger partial charge in [0.25, 0.3) is 6.71 Å². The van der Waals surface area contributed by atoms with E-state index in [0.29, 0.717) is 0 Å². The first kappa shape index (κ1) is 37.9.